The summed E-state index contributed by atoms with van der Waals surface area (Å²) < 4.78 is 28.8. The Labute approximate surface area is 197 Å². The van der Waals surface area contributed by atoms with Crippen molar-refractivity contribution in [2.24, 2.45) is 11.8 Å². The van der Waals surface area contributed by atoms with Gasteiger partial charge in [-0.15, -0.1) is 0 Å². The van der Waals surface area contributed by atoms with Crippen LogP contribution in [-0.2, 0) is 19.8 Å². The highest BCUT2D eigenvalue weighted by Crippen LogP contribution is 2.35. The molecular weight excluding hydrogens is 440 g/mol. The lowest BCUT2D eigenvalue weighted by Gasteiger charge is -2.41. The van der Waals surface area contributed by atoms with Crippen molar-refractivity contribution in [1.82, 2.24) is 13.5 Å². The molecule has 0 saturated carbocycles. The normalized spacial score (nSPS) is 24.8. The molecule has 3 heterocycles. The van der Waals surface area contributed by atoms with E-state index in [1.807, 2.05) is 32.0 Å². The number of likely N-dealkylation sites (tertiary alicyclic amines) is 1. The van der Waals surface area contributed by atoms with E-state index in [2.05, 4.69) is 4.90 Å². The lowest BCUT2D eigenvalue weighted by molar-refractivity contribution is -0.123. The highest BCUT2D eigenvalue weighted by atomic mass is 32.2. The van der Waals surface area contributed by atoms with Crippen LogP contribution in [0.2, 0.25) is 0 Å². The number of amides is 2. The molecule has 3 saturated heterocycles. The Kier molecular flexibility index (Phi) is 7.53. The molecule has 0 N–H and O–H groups in total. The van der Waals surface area contributed by atoms with Gasteiger partial charge in [0, 0.05) is 26.2 Å². The Balaban J connectivity index is 1.30. The van der Waals surface area contributed by atoms with Crippen LogP contribution in [0.4, 0.5) is 5.69 Å². The summed E-state index contributed by atoms with van der Waals surface area (Å²) >= 11 is 0. The van der Waals surface area contributed by atoms with E-state index in [0.717, 1.165) is 38.8 Å². The summed E-state index contributed by atoms with van der Waals surface area (Å²) in [6.07, 6.45) is 4.04. The van der Waals surface area contributed by atoms with Crippen molar-refractivity contribution < 1.29 is 18.0 Å². The highest BCUT2D eigenvalue weighted by molar-refractivity contribution is 7.86. The van der Waals surface area contributed by atoms with Crippen molar-refractivity contribution >= 4 is 27.7 Å². The molecule has 9 heteroatoms. The van der Waals surface area contributed by atoms with Crippen LogP contribution in [0.5, 0.6) is 0 Å². The minimum atomic E-state index is -3.35. The van der Waals surface area contributed by atoms with Gasteiger partial charge in [-0.2, -0.15) is 17.0 Å². The second-order valence-corrected chi connectivity index (χ2v) is 11.3. The molecule has 0 aliphatic carbocycles. The molecule has 3 fully saturated rings. The quantitative estimate of drug-likeness (QED) is 0.564. The van der Waals surface area contributed by atoms with E-state index in [-0.39, 0.29) is 24.3 Å². The zero-order valence-electron chi connectivity index (χ0n) is 19.7. The van der Waals surface area contributed by atoms with Crippen LogP contribution < -0.4 is 4.90 Å². The predicted molar refractivity (Wildman–Crippen MR) is 128 cm³/mol. The number of benzene rings is 1. The minimum Gasteiger partial charge on any atom is -0.292 e. The van der Waals surface area contributed by atoms with E-state index in [1.54, 1.807) is 16.4 Å². The molecule has 1 unspecified atom stereocenters. The van der Waals surface area contributed by atoms with Crippen molar-refractivity contribution in [3.8, 4) is 0 Å². The third kappa shape index (κ3) is 4.87. The van der Waals surface area contributed by atoms with Crippen LogP contribution in [0, 0.1) is 11.8 Å². The predicted octanol–water partition coefficient (Wildman–Crippen LogP) is 2.33. The Morgan fingerprint density at radius 1 is 0.879 bits per heavy atom. The minimum absolute atomic E-state index is 0.112. The van der Waals surface area contributed by atoms with Gasteiger partial charge in [0.2, 0.25) is 5.91 Å². The summed E-state index contributed by atoms with van der Waals surface area (Å²) in [5, 5.41) is 0. The Hall–Kier alpha value is -1.81. The van der Waals surface area contributed by atoms with E-state index in [9.17, 15) is 18.0 Å². The fraction of sp³-hybridized carbons (Fsp3) is 0.667. The number of para-hydroxylation sites is 1. The standard InChI is InChI=1S/C24H36N4O4S/c1-3-26(4-2)33(31,32)27-16-12-20(13-17-27)19-10-14-25(15-11-19)22-18-23(29)28(24(22)30)21-8-6-5-7-9-21/h5-9,19-20,22H,3-4,10-18H2,1-2H3. The van der Waals surface area contributed by atoms with Crippen LogP contribution in [0.1, 0.15) is 46.0 Å². The first kappa shape index (κ1) is 24.3. The topological polar surface area (TPSA) is 81.2 Å². The molecule has 0 aromatic heterocycles. The van der Waals surface area contributed by atoms with Crippen molar-refractivity contribution in [3.63, 3.8) is 0 Å². The average molecular weight is 477 g/mol. The number of anilines is 1. The fourth-order valence-electron chi connectivity index (χ4n) is 5.74. The van der Waals surface area contributed by atoms with Gasteiger partial charge in [0.1, 0.15) is 0 Å². The molecule has 1 aromatic carbocycles. The Morgan fingerprint density at radius 3 is 1.97 bits per heavy atom. The lowest BCUT2D eigenvalue weighted by atomic mass is 9.79. The second kappa shape index (κ2) is 10.2. The second-order valence-electron chi connectivity index (χ2n) is 9.32. The van der Waals surface area contributed by atoms with E-state index < -0.39 is 10.2 Å². The Morgan fingerprint density at radius 2 is 1.42 bits per heavy atom. The largest absolute Gasteiger partial charge is 0.292 e. The van der Waals surface area contributed by atoms with Crippen molar-refractivity contribution in [3.05, 3.63) is 30.3 Å². The molecule has 4 rings (SSSR count). The summed E-state index contributed by atoms with van der Waals surface area (Å²) in [7, 11) is -3.35. The van der Waals surface area contributed by atoms with Gasteiger partial charge in [0.15, 0.2) is 0 Å². The van der Waals surface area contributed by atoms with Gasteiger partial charge in [-0.3, -0.25) is 14.5 Å². The number of hydrogen-bond donors (Lipinski definition) is 0. The van der Waals surface area contributed by atoms with Crippen LogP contribution in [0.3, 0.4) is 0 Å². The van der Waals surface area contributed by atoms with E-state index in [4.69, 9.17) is 0 Å². The number of carbonyl (C=O) groups excluding carboxylic acids is 2. The molecule has 2 amide bonds. The molecule has 1 atom stereocenters. The zero-order chi connectivity index (χ0) is 23.6. The summed E-state index contributed by atoms with van der Waals surface area (Å²) in [5.74, 6) is 0.841. The first-order valence-corrected chi connectivity index (χ1v) is 13.7. The number of imide groups is 1. The van der Waals surface area contributed by atoms with Gasteiger partial charge >= 0.3 is 0 Å². The zero-order valence-corrected chi connectivity index (χ0v) is 20.5. The monoisotopic (exact) mass is 476 g/mol. The van der Waals surface area contributed by atoms with Crippen molar-refractivity contribution in [2.45, 2.75) is 52.0 Å². The third-order valence-corrected chi connectivity index (χ3v) is 9.86. The number of piperidine rings is 2. The first-order valence-electron chi connectivity index (χ1n) is 12.3. The molecule has 0 spiro atoms. The van der Waals surface area contributed by atoms with Gasteiger partial charge < -0.3 is 0 Å². The lowest BCUT2D eigenvalue weighted by Crippen LogP contribution is -2.49. The van der Waals surface area contributed by atoms with Crippen LogP contribution in [0.15, 0.2) is 30.3 Å². The van der Waals surface area contributed by atoms with Crippen molar-refractivity contribution in [2.75, 3.05) is 44.2 Å². The molecule has 0 bridgehead atoms. The summed E-state index contributed by atoms with van der Waals surface area (Å²) in [6, 6.07) is 8.80. The average Bonchev–Trinajstić information content (AvgIpc) is 3.14. The maximum Gasteiger partial charge on any atom is 0.281 e. The maximum atomic E-state index is 13.0. The molecular formula is C24H36N4O4S. The van der Waals surface area contributed by atoms with Gasteiger partial charge in [0.05, 0.1) is 18.2 Å². The number of carbonyl (C=O) groups is 2. The van der Waals surface area contributed by atoms with Crippen LogP contribution >= 0.6 is 0 Å². The highest BCUT2D eigenvalue weighted by Gasteiger charge is 2.44. The fourth-order valence-corrected chi connectivity index (χ4v) is 7.39. The van der Waals surface area contributed by atoms with E-state index in [0.29, 0.717) is 43.7 Å². The van der Waals surface area contributed by atoms with Gasteiger partial charge in [-0.25, -0.2) is 4.90 Å². The number of nitrogens with zero attached hydrogens (tertiary/aromatic N) is 4. The smallest absolute Gasteiger partial charge is 0.281 e. The summed E-state index contributed by atoms with van der Waals surface area (Å²) in [5.41, 5.74) is 0.649. The summed E-state index contributed by atoms with van der Waals surface area (Å²) in [6.45, 7) is 7.57. The SMILES string of the molecule is CCN(CC)S(=O)(=O)N1CCC(C2CCN(C3CC(=O)N(c4ccccc4)C3=O)CC2)CC1. The molecule has 3 aliphatic heterocycles. The molecule has 3 aliphatic rings. The van der Waals surface area contributed by atoms with Gasteiger partial charge in [-0.05, 0) is 62.7 Å². The number of rotatable bonds is 7. The number of hydrogen-bond acceptors (Lipinski definition) is 5. The van der Waals surface area contributed by atoms with E-state index >= 15 is 0 Å². The molecule has 0 radical (unpaired) electrons. The van der Waals surface area contributed by atoms with Gasteiger partial charge in [-0.1, -0.05) is 32.0 Å². The first-order chi connectivity index (χ1) is 15.9. The van der Waals surface area contributed by atoms with Crippen LogP contribution in [-0.4, -0.2) is 79.1 Å². The van der Waals surface area contributed by atoms with Crippen LogP contribution in [0.25, 0.3) is 0 Å². The molecule has 182 valence electrons. The summed E-state index contributed by atoms with van der Waals surface area (Å²) in [4.78, 5) is 29.1. The third-order valence-electron chi connectivity index (χ3n) is 7.68. The maximum absolute atomic E-state index is 13.0. The van der Waals surface area contributed by atoms with E-state index in [1.165, 1.54) is 9.21 Å². The molecule has 33 heavy (non-hydrogen) atoms. The molecule has 1 aromatic rings. The molecule has 8 nitrogen and oxygen atoms in total. The van der Waals surface area contributed by atoms with Gasteiger partial charge in [0.25, 0.3) is 16.1 Å². The Bertz CT molecular complexity index is 934. The van der Waals surface area contributed by atoms with Crippen molar-refractivity contribution in [1.29, 1.82) is 0 Å².